The average molecular weight is 532 g/mol. The number of nitrogens with one attached hydrogen (secondary N) is 1. The van der Waals surface area contributed by atoms with Crippen LogP contribution in [-0.4, -0.2) is 86.4 Å². The molecule has 0 saturated carbocycles. The molecular formula is C19H25N5O7S3. The van der Waals surface area contributed by atoms with Gasteiger partial charge < -0.3 is 4.74 Å². The first-order chi connectivity index (χ1) is 16.2. The maximum Gasteiger partial charge on any atom is 0.273 e. The van der Waals surface area contributed by atoms with Crippen LogP contribution >= 0.6 is 11.3 Å². The number of hydrogen-bond donors (Lipinski definition) is 1. The Hall–Kier alpha value is -2.01. The first-order valence-electron chi connectivity index (χ1n) is 10.6. The van der Waals surface area contributed by atoms with Crippen molar-refractivity contribution < 1.29 is 31.2 Å². The SMILES string of the molecule is CS(=O)(=O)N1CCN(S(=O)(=O)c2nnc(-c3ccccc3)s2)[C@@H](C(=O)NOC2CCCCO2)C1. The van der Waals surface area contributed by atoms with Crippen LogP contribution in [0.3, 0.4) is 0 Å². The molecule has 12 nitrogen and oxygen atoms in total. The number of carbonyl (C=O) groups is 1. The van der Waals surface area contributed by atoms with Crippen molar-refractivity contribution in [3.63, 3.8) is 0 Å². The summed E-state index contributed by atoms with van der Waals surface area (Å²) >= 11 is 0.876. The fraction of sp³-hybridized carbons (Fsp3) is 0.526. The van der Waals surface area contributed by atoms with E-state index in [0.717, 1.165) is 39.0 Å². The van der Waals surface area contributed by atoms with E-state index in [9.17, 15) is 21.6 Å². The summed E-state index contributed by atoms with van der Waals surface area (Å²) in [6, 6.07) is 7.62. The minimum atomic E-state index is -4.25. The van der Waals surface area contributed by atoms with Gasteiger partial charge in [0.25, 0.3) is 15.9 Å². The lowest BCUT2D eigenvalue weighted by Gasteiger charge is -2.37. The summed E-state index contributed by atoms with van der Waals surface area (Å²) < 4.78 is 58.2. The molecule has 0 aliphatic carbocycles. The molecule has 1 aromatic heterocycles. The fourth-order valence-corrected chi connectivity index (χ4v) is 7.17. The summed E-state index contributed by atoms with van der Waals surface area (Å²) in [7, 11) is -7.90. The summed E-state index contributed by atoms with van der Waals surface area (Å²) in [6.45, 7) is -0.192. The number of hydroxylamine groups is 1. The van der Waals surface area contributed by atoms with Crippen molar-refractivity contribution in [2.45, 2.75) is 35.9 Å². The van der Waals surface area contributed by atoms with Gasteiger partial charge in [-0.2, -0.15) is 8.61 Å². The fourth-order valence-electron chi connectivity index (χ4n) is 3.65. The van der Waals surface area contributed by atoms with Gasteiger partial charge in [-0.1, -0.05) is 41.7 Å². The quantitative estimate of drug-likeness (QED) is 0.502. The number of piperazine rings is 1. The van der Waals surface area contributed by atoms with E-state index in [1.54, 1.807) is 24.3 Å². The highest BCUT2D eigenvalue weighted by Crippen LogP contribution is 2.29. The number of rotatable bonds is 7. The monoisotopic (exact) mass is 531 g/mol. The molecule has 2 aliphatic heterocycles. The van der Waals surface area contributed by atoms with E-state index in [-0.39, 0.29) is 24.0 Å². The maximum absolute atomic E-state index is 13.4. The molecule has 186 valence electrons. The number of benzene rings is 1. The molecule has 34 heavy (non-hydrogen) atoms. The van der Waals surface area contributed by atoms with Crippen LogP contribution in [0.15, 0.2) is 34.7 Å². The van der Waals surface area contributed by atoms with Crippen molar-refractivity contribution >= 4 is 37.3 Å². The number of aromatic nitrogens is 2. The summed E-state index contributed by atoms with van der Waals surface area (Å²) in [4.78, 5) is 18.3. The first kappa shape index (κ1) is 25.1. The molecule has 2 saturated heterocycles. The van der Waals surface area contributed by atoms with Crippen LogP contribution in [0.4, 0.5) is 0 Å². The maximum atomic E-state index is 13.4. The lowest BCUT2D eigenvalue weighted by atomic mass is 10.2. The largest absolute Gasteiger partial charge is 0.350 e. The molecule has 2 fully saturated rings. The minimum absolute atomic E-state index is 0.0984. The van der Waals surface area contributed by atoms with Crippen LogP contribution < -0.4 is 5.48 Å². The zero-order valence-corrected chi connectivity index (χ0v) is 20.8. The third-order valence-corrected chi connectivity index (χ3v) is 9.95. The van der Waals surface area contributed by atoms with E-state index in [1.807, 2.05) is 6.07 Å². The Bertz CT molecular complexity index is 1210. The van der Waals surface area contributed by atoms with Gasteiger partial charge in [0.2, 0.25) is 14.4 Å². The molecule has 2 aromatic rings. The lowest BCUT2D eigenvalue weighted by Crippen LogP contribution is -2.61. The second-order valence-corrected chi connectivity index (χ2v) is 12.9. The second kappa shape index (κ2) is 10.3. The molecule has 4 rings (SSSR count). The highest BCUT2D eigenvalue weighted by atomic mass is 32.2. The Balaban J connectivity index is 1.57. The molecule has 1 aromatic carbocycles. The van der Waals surface area contributed by atoms with Crippen LogP contribution in [0.25, 0.3) is 10.6 Å². The molecule has 0 spiro atoms. The van der Waals surface area contributed by atoms with E-state index in [2.05, 4.69) is 15.7 Å². The number of nitrogens with zero attached hydrogens (tertiary/aromatic N) is 4. The Kier molecular flexibility index (Phi) is 7.61. The molecule has 1 unspecified atom stereocenters. The minimum Gasteiger partial charge on any atom is -0.350 e. The molecule has 2 atom stereocenters. The van der Waals surface area contributed by atoms with Gasteiger partial charge in [0.15, 0.2) is 6.29 Å². The van der Waals surface area contributed by atoms with Crippen molar-refractivity contribution in [3.8, 4) is 10.6 Å². The first-order valence-corrected chi connectivity index (χ1v) is 14.7. The molecular weight excluding hydrogens is 506 g/mol. The van der Waals surface area contributed by atoms with E-state index in [4.69, 9.17) is 9.57 Å². The molecule has 1 N–H and O–H groups in total. The van der Waals surface area contributed by atoms with Crippen LogP contribution in [0.1, 0.15) is 19.3 Å². The highest BCUT2D eigenvalue weighted by molar-refractivity contribution is 7.91. The Morgan fingerprint density at radius 3 is 2.59 bits per heavy atom. The number of hydrogen-bond acceptors (Lipinski definition) is 10. The van der Waals surface area contributed by atoms with Crippen molar-refractivity contribution in [3.05, 3.63) is 30.3 Å². The van der Waals surface area contributed by atoms with Crippen molar-refractivity contribution in [2.24, 2.45) is 0 Å². The van der Waals surface area contributed by atoms with Crippen LogP contribution in [-0.2, 0) is 34.4 Å². The normalized spacial score (nSPS) is 23.0. The van der Waals surface area contributed by atoms with Crippen molar-refractivity contribution in [1.29, 1.82) is 0 Å². The van der Waals surface area contributed by atoms with Gasteiger partial charge in [-0.3, -0.25) is 4.79 Å². The zero-order chi connectivity index (χ0) is 24.3. The lowest BCUT2D eigenvalue weighted by molar-refractivity contribution is -0.202. The van der Waals surface area contributed by atoms with Gasteiger partial charge in [0, 0.05) is 38.2 Å². The van der Waals surface area contributed by atoms with Crippen molar-refractivity contribution in [2.75, 3.05) is 32.5 Å². The number of ether oxygens (including phenoxy) is 1. The Labute approximate surface area is 201 Å². The summed E-state index contributed by atoms with van der Waals surface area (Å²) in [6.07, 6.45) is 2.70. The van der Waals surface area contributed by atoms with Gasteiger partial charge in [0.1, 0.15) is 11.0 Å². The third-order valence-electron chi connectivity index (χ3n) is 5.45. The van der Waals surface area contributed by atoms with Crippen LogP contribution in [0.2, 0.25) is 0 Å². The molecule has 2 aliphatic rings. The van der Waals surface area contributed by atoms with E-state index >= 15 is 0 Å². The topological polar surface area (TPSA) is 148 Å². The van der Waals surface area contributed by atoms with Gasteiger partial charge in [-0.25, -0.2) is 27.2 Å². The number of carbonyl (C=O) groups excluding carboxylic acids is 1. The summed E-state index contributed by atoms with van der Waals surface area (Å²) in [5, 5.41) is 8.24. The molecule has 3 heterocycles. The number of amides is 1. The Morgan fingerprint density at radius 2 is 1.91 bits per heavy atom. The van der Waals surface area contributed by atoms with Gasteiger partial charge in [0.05, 0.1) is 6.26 Å². The van der Waals surface area contributed by atoms with E-state index in [1.165, 1.54) is 0 Å². The standard InChI is InChI=1S/C19H25N5O7S3/c1-33(26,27)23-10-11-24(15(13-23)17(25)22-31-16-9-5-6-12-30-16)34(28,29)19-21-20-18(32-19)14-7-3-2-4-8-14/h2-4,7-8,15-16H,5-6,9-13H2,1H3,(H,22,25)/t15-,16?/m1/s1. The molecule has 15 heteroatoms. The predicted molar refractivity (Wildman–Crippen MR) is 122 cm³/mol. The molecule has 0 radical (unpaired) electrons. The zero-order valence-electron chi connectivity index (χ0n) is 18.4. The second-order valence-electron chi connectivity index (χ2n) is 7.87. The van der Waals surface area contributed by atoms with E-state index < -0.39 is 38.3 Å². The van der Waals surface area contributed by atoms with Gasteiger partial charge in [-0.05, 0) is 12.8 Å². The highest BCUT2D eigenvalue weighted by Gasteiger charge is 2.44. The van der Waals surface area contributed by atoms with E-state index in [0.29, 0.717) is 23.6 Å². The molecule has 1 amide bonds. The Morgan fingerprint density at radius 1 is 1.15 bits per heavy atom. The predicted octanol–water partition coefficient (Wildman–Crippen LogP) is 0.414. The smallest absolute Gasteiger partial charge is 0.273 e. The van der Waals surface area contributed by atoms with Crippen LogP contribution in [0.5, 0.6) is 0 Å². The number of sulfonamides is 2. The van der Waals surface area contributed by atoms with Gasteiger partial charge >= 0.3 is 0 Å². The van der Waals surface area contributed by atoms with Crippen molar-refractivity contribution in [1.82, 2.24) is 24.3 Å². The third kappa shape index (κ3) is 5.62. The molecule has 0 bridgehead atoms. The van der Waals surface area contributed by atoms with Crippen LogP contribution in [0, 0.1) is 0 Å². The average Bonchev–Trinajstić information content (AvgIpc) is 3.34. The summed E-state index contributed by atoms with van der Waals surface area (Å²) in [5.41, 5.74) is 2.96. The summed E-state index contributed by atoms with van der Waals surface area (Å²) in [5.74, 6) is -0.793. The van der Waals surface area contributed by atoms with Gasteiger partial charge in [-0.15, -0.1) is 10.2 Å².